The molecule has 5 atom stereocenters. The van der Waals surface area contributed by atoms with Crippen LogP contribution in [0.1, 0.15) is 78.0 Å². The van der Waals surface area contributed by atoms with Gasteiger partial charge in [0.1, 0.15) is 0 Å². The summed E-state index contributed by atoms with van der Waals surface area (Å²) < 4.78 is 0. The van der Waals surface area contributed by atoms with E-state index in [1.165, 1.54) is 36.0 Å². The van der Waals surface area contributed by atoms with Gasteiger partial charge in [0.2, 0.25) is 0 Å². The van der Waals surface area contributed by atoms with Crippen molar-refractivity contribution >= 4 is 11.7 Å². The Labute approximate surface area is 160 Å². The Morgan fingerprint density at radius 3 is 2.52 bits per heavy atom. The van der Waals surface area contributed by atoms with Crippen molar-refractivity contribution in [1.82, 2.24) is 0 Å². The summed E-state index contributed by atoms with van der Waals surface area (Å²) in [5.74, 6) is 2.22. The van der Waals surface area contributed by atoms with E-state index in [-0.39, 0.29) is 6.04 Å². The highest BCUT2D eigenvalue weighted by atomic mass is 16.4. The first-order valence-electron chi connectivity index (χ1n) is 10.3. The van der Waals surface area contributed by atoms with Crippen LogP contribution < -0.4 is 5.32 Å². The van der Waals surface area contributed by atoms with Gasteiger partial charge in [-0.1, -0.05) is 50.2 Å². The van der Waals surface area contributed by atoms with Crippen LogP contribution in [0.25, 0.3) is 0 Å². The van der Waals surface area contributed by atoms with Crippen molar-refractivity contribution in [3.63, 3.8) is 0 Å². The van der Waals surface area contributed by atoms with Gasteiger partial charge in [0.25, 0.3) is 0 Å². The second-order valence-corrected chi connectivity index (χ2v) is 8.95. The number of hydrogen-bond donors (Lipinski definition) is 2. The van der Waals surface area contributed by atoms with Crippen molar-refractivity contribution in [2.45, 2.75) is 51.0 Å². The van der Waals surface area contributed by atoms with Gasteiger partial charge in [-0.2, -0.15) is 0 Å². The predicted molar refractivity (Wildman–Crippen MR) is 107 cm³/mol. The molecule has 2 aromatic rings. The fourth-order valence-electron chi connectivity index (χ4n) is 6.11. The highest BCUT2D eigenvalue weighted by Crippen LogP contribution is 2.64. The fraction of sp³-hybridized carbons (Fsp3) is 0.458. The van der Waals surface area contributed by atoms with Gasteiger partial charge in [0.05, 0.1) is 17.3 Å². The standard InChI is InChI=1S/C24H27NO2/c1-13(2)14-6-8-15(9-7-14)22-21-17-11-10-16(12-17)20(21)18-4-3-5-19(24(26)27)23(18)25-22/h3-9,13,16-17,20-22,25H,10-12H2,1-2H3,(H,26,27)/t16-,17+,20-,21+,22+/m1/s1. The molecule has 2 fully saturated rings. The first-order valence-corrected chi connectivity index (χ1v) is 10.3. The number of aromatic carboxylic acids is 1. The number of carboxylic acid groups (broad SMARTS) is 1. The zero-order chi connectivity index (χ0) is 18.7. The lowest BCUT2D eigenvalue weighted by atomic mass is 9.67. The molecule has 0 aromatic heterocycles. The number of benzene rings is 2. The number of hydrogen-bond acceptors (Lipinski definition) is 2. The van der Waals surface area contributed by atoms with Gasteiger partial charge in [-0.25, -0.2) is 4.79 Å². The van der Waals surface area contributed by atoms with Crippen molar-refractivity contribution in [1.29, 1.82) is 0 Å². The number of anilines is 1. The van der Waals surface area contributed by atoms with Gasteiger partial charge >= 0.3 is 5.97 Å². The number of rotatable bonds is 3. The molecule has 2 N–H and O–H groups in total. The summed E-state index contributed by atoms with van der Waals surface area (Å²) in [6.45, 7) is 4.43. The number of para-hydroxylation sites is 1. The predicted octanol–water partition coefficient (Wildman–Crippen LogP) is 5.80. The molecule has 2 aliphatic carbocycles. The quantitative estimate of drug-likeness (QED) is 0.726. The molecule has 3 heteroatoms. The summed E-state index contributed by atoms with van der Waals surface area (Å²) in [5, 5.41) is 13.4. The second kappa shape index (κ2) is 6.12. The van der Waals surface area contributed by atoms with Crippen molar-refractivity contribution in [3.05, 3.63) is 64.7 Å². The van der Waals surface area contributed by atoms with Gasteiger partial charge in [-0.15, -0.1) is 0 Å². The van der Waals surface area contributed by atoms with E-state index in [4.69, 9.17) is 0 Å². The largest absolute Gasteiger partial charge is 0.478 e. The highest BCUT2D eigenvalue weighted by molar-refractivity contribution is 5.95. The van der Waals surface area contributed by atoms with Crippen LogP contribution in [0.15, 0.2) is 42.5 Å². The molecule has 27 heavy (non-hydrogen) atoms. The molecule has 2 aromatic carbocycles. The Hall–Kier alpha value is -2.29. The maximum atomic E-state index is 11.8. The SMILES string of the molecule is CC(C)c1ccc([C@@H]2Nc3c(C(=O)O)cccc3[C@H]3[C@@H]4CC[C@@H](C4)[C@@H]32)cc1. The average molecular weight is 361 g/mol. The molecule has 3 aliphatic rings. The van der Waals surface area contributed by atoms with Crippen LogP contribution in [0.4, 0.5) is 5.69 Å². The normalized spacial score (nSPS) is 30.7. The van der Waals surface area contributed by atoms with E-state index in [2.05, 4.69) is 49.5 Å². The average Bonchev–Trinajstić information content (AvgIpc) is 3.29. The molecule has 140 valence electrons. The van der Waals surface area contributed by atoms with E-state index < -0.39 is 5.97 Å². The molecule has 2 saturated carbocycles. The van der Waals surface area contributed by atoms with E-state index >= 15 is 0 Å². The molecular formula is C24H27NO2. The third-order valence-corrected chi connectivity index (χ3v) is 7.31. The lowest BCUT2D eigenvalue weighted by Crippen LogP contribution is -2.36. The zero-order valence-electron chi connectivity index (χ0n) is 16.0. The second-order valence-electron chi connectivity index (χ2n) is 8.95. The number of carbonyl (C=O) groups is 1. The van der Waals surface area contributed by atoms with Crippen LogP contribution in [0.2, 0.25) is 0 Å². The maximum absolute atomic E-state index is 11.8. The minimum Gasteiger partial charge on any atom is -0.478 e. The molecule has 0 radical (unpaired) electrons. The summed E-state index contributed by atoms with van der Waals surface area (Å²) >= 11 is 0. The molecule has 0 unspecified atom stereocenters. The van der Waals surface area contributed by atoms with Crippen LogP contribution in [0.3, 0.4) is 0 Å². The smallest absolute Gasteiger partial charge is 0.337 e. The molecule has 5 rings (SSSR count). The maximum Gasteiger partial charge on any atom is 0.337 e. The van der Waals surface area contributed by atoms with Crippen LogP contribution in [-0.4, -0.2) is 11.1 Å². The zero-order valence-corrected chi connectivity index (χ0v) is 16.0. The number of nitrogens with one attached hydrogen (secondary N) is 1. The monoisotopic (exact) mass is 361 g/mol. The first kappa shape index (κ1) is 16.9. The van der Waals surface area contributed by atoms with Gasteiger partial charge in [-0.3, -0.25) is 0 Å². The Morgan fingerprint density at radius 2 is 1.81 bits per heavy atom. The van der Waals surface area contributed by atoms with Crippen molar-refractivity contribution in [2.24, 2.45) is 17.8 Å². The molecule has 1 heterocycles. The molecule has 1 aliphatic heterocycles. The molecule has 0 spiro atoms. The van der Waals surface area contributed by atoms with Crippen molar-refractivity contribution in [3.8, 4) is 0 Å². The summed E-state index contributed by atoms with van der Waals surface area (Å²) in [6, 6.07) is 15.0. The van der Waals surface area contributed by atoms with Gasteiger partial charge in [0.15, 0.2) is 0 Å². The topological polar surface area (TPSA) is 49.3 Å². The molecule has 3 nitrogen and oxygen atoms in total. The Kier molecular flexibility index (Phi) is 3.82. The van der Waals surface area contributed by atoms with Crippen LogP contribution in [-0.2, 0) is 0 Å². The summed E-state index contributed by atoms with van der Waals surface area (Å²) in [6.07, 6.45) is 3.91. The van der Waals surface area contributed by atoms with E-state index in [1.54, 1.807) is 6.07 Å². The lowest BCUT2D eigenvalue weighted by Gasteiger charge is -2.44. The fourth-order valence-corrected chi connectivity index (χ4v) is 6.11. The third kappa shape index (κ3) is 2.51. The van der Waals surface area contributed by atoms with E-state index in [0.717, 1.165) is 11.6 Å². The van der Waals surface area contributed by atoms with E-state index in [9.17, 15) is 9.90 Å². The molecule has 0 amide bonds. The van der Waals surface area contributed by atoms with Crippen LogP contribution in [0, 0.1) is 17.8 Å². The van der Waals surface area contributed by atoms with Crippen molar-refractivity contribution < 1.29 is 9.90 Å². The summed E-state index contributed by atoms with van der Waals surface area (Å²) in [7, 11) is 0. The molecule has 0 saturated heterocycles. The van der Waals surface area contributed by atoms with Crippen LogP contribution in [0.5, 0.6) is 0 Å². The summed E-state index contributed by atoms with van der Waals surface area (Å²) in [5.41, 5.74) is 5.16. The Balaban J connectivity index is 1.62. The third-order valence-electron chi connectivity index (χ3n) is 7.31. The van der Waals surface area contributed by atoms with Gasteiger partial charge < -0.3 is 10.4 Å². The van der Waals surface area contributed by atoms with E-state index in [1.807, 2.05) is 6.07 Å². The van der Waals surface area contributed by atoms with Crippen LogP contribution >= 0.6 is 0 Å². The molecule has 2 bridgehead atoms. The Morgan fingerprint density at radius 1 is 1.07 bits per heavy atom. The van der Waals surface area contributed by atoms with Gasteiger partial charge in [0, 0.05) is 0 Å². The van der Waals surface area contributed by atoms with Crippen molar-refractivity contribution in [2.75, 3.05) is 5.32 Å². The van der Waals surface area contributed by atoms with Gasteiger partial charge in [-0.05, 0) is 71.6 Å². The molecular weight excluding hydrogens is 334 g/mol. The Bertz CT molecular complexity index is 886. The first-order chi connectivity index (χ1) is 13.0. The highest BCUT2D eigenvalue weighted by Gasteiger charge is 2.54. The number of carboxylic acids is 1. The summed E-state index contributed by atoms with van der Waals surface area (Å²) in [4.78, 5) is 11.8. The number of fused-ring (bicyclic) bond motifs is 7. The minimum atomic E-state index is -0.838. The van der Waals surface area contributed by atoms with E-state index in [0.29, 0.717) is 29.2 Å². The minimum absolute atomic E-state index is 0.208. The lowest BCUT2D eigenvalue weighted by molar-refractivity contribution is 0.0697.